The molecule has 0 aliphatic carbocycles. The highest BCUT2D eigenvalue weighted by Crippen LogP contribution is 2.30. The number of nitrogens with two attached hydrogens (primary N) is 1. The quantitative estimate of drug-likeness (QED) is 0.697. The Morgan fingerprint density at radius 1 is 1.11 bits per heavy atom. The van der Waals surface area contributed by atoms with Crippen molar-refractivity contribution in [3.63, 3.8) is 0 Å². The Morgan fingerprint density at radius 3 is 2.56 bits per heavy atom. The van der Waals surface area contributed by atoms with Crippen molar-refractivity contribution in [2.24, 2.45) is 5.73 Å². The van der Waals surface area contributed by atoms with Crippen molar-refractivity contribution in [1.29, 1.82) is 0 Å². The second-order valence-corrected chi connectivity index (χ2v) is 5.21. The van der Waals surface area contributed by atoms with Gasteiger partial charge in [-0.1, -0.05) is 6.07 Å². The van der Waals surface area contributed by atoms with Crippen molar-refractivity contribution >= 4 is 17.5 Å². The minimum absolute atomic E-state index is 0.0315. The molecule has 27 heavy (non-hydrogen) atoms. The number of hydrogen-bond acceptors (Lipinski definition) is 5. The summed E-state index contributed by atoms with van der Waals surface area (Å²) in [5.74, 6) is -0.901. The van der Waals surface area contributed by atoms with Crippen LogP contribution in [0.1, 0.15) is 17.3 Å². The fraction of sp³-hybridized carbons (Fsp3) is 0.222. The molecule has 9 heteroatoms. The molecule has 0 saturated carbocycles. The summed E-state index contributed by atoms with van der Waals surface area (Å²) in [6, 6.07) is 10.2. The van der Waals surface area contributed by atoms with Crippen LogP contribution in [0.4, 0.5) is 14.5 Å². The monoisotopic (exact) mass is 380 g/mol. The molecule has 0 radical (unpaired) electrons. The van der Waals surface area contributed by atoms with Gasteiger partial charge in [-0.2, -0.15) is 8.78 Å². The highest BCUT2D eigenvalue weighted by atomic mass is 19.3. The largest absolute Gasteiger partial charge is 0.490 e. The van der Waals surface area contributed by atoms with E-state index in [1.54, 1.807) is 25.1 Å². The van der Waals surface area contributed by atoms with Gasteiger partial charge in [0.2, 0.25) is 0 Å². The molecular formula is C18H18F2N2O5. The number of carbonyl (C=O) groups excluding carboxylic acids is 2. The molecule has 0 spiro atoms. The van der Waals surface area contributed by atoms with E-state index >= 15 is 0 Å². The topological polar surface area (TPSA) is 99.9 Å². The molecule has 2 aromatic rings. The number of benzene rings is 2. The summed E-state index contributed by atoms with van der Waals surface area (Å²) in [5, 5.41) is 2.64. The van der Waals surface area contributed by atoms with Gasteiger partial charge in [-0.3, -0.25) is 9.59 Å². The molecule has 0 aliphatic rings. The van der Waals surface area contributed by atoms with Gasteiger partial charge in [0.1, 0.15) is 5.75 Å². The van der Waals surface area contributed by atoms with Crippen LogP contribution in [0.2, 0.25) is 0 Å². The molecule has 3 N–H and O–H groups in total. The minimum Gasteiger partial charge on any atom is -0.490 e. The van der Waals surface area contributed by atoms with Gasteiger partial charge in [0.25, 0.3) is 11.8 Å². The maximum atomic E-state index is 12.4. The Balaban J connectivity index is 2.14. The predicted octanol–water partition coefficient (Wildman–Crippen LogP) is 2.80. The highest BCUT2D eigenvalue weighted by molar-refractivity contribution is 6.04. The smallest absolute Gasteiger partial charge is 0.387 e. The van der Waals surface area contributed by atoms with Gasteiger partial charge in [-0.15, -0.1) is 0 Å². The number of ether oxygens (including phenoxy) is 3. The zero-order valence-corrected chi connectivity index (χ0v) is 14.4. The first-order valence-electron chi connectivity index (χ1n) is 7.93. The van der Waals surface area contributed by atoms with Gasteiger partial charge in [0.15, 0.2) is 18.1 Å². The molecular weight excluding hydrogens is 362 g/mol. The van der Waals surface area contributed by atoms with Gasteiger partial charge < -0.3 is 25.3 Å². The molecule has 0 aromatic heterocycles. The first-order valence-corrected chi connectivity index (χ1v) is 7.93. The van der Waals surface area contributed by atoms with E-state index < -0.39 is 18.4 Å². The Morgan fingerprint density at radius 2 is 1.89 bits per heavy atom. The van der Waals surface area contributed by atoms with E-state index in [2.05, 4.69) is 10.1 Å². The van der Waals surface area contributed by atoms with Crippen molar-refractivity contribution in [3.8, 4) is 17.2 Å². The molecule has 0 atom stereocenters. The van der Waals surface area contributed by atoms with Crippen LogP contribution < -0.4 is 25.3 Å². The van der Waals surface area contributed by atoms with Crippen LogP contribution in [0.3, 0.4) is 0 Å². The SMILES string of the molecule is CCOc1cc(C(=O)Nc2cccc(OCC(N)=O)c2)ccc1OC(F)F. The molecule has 0 saturated heterocycles. The predicted molar refractivity (Wildman–Crippen MR) is 93.3 cm³/mol. The molecule has 0 heterocycles. The Bertz CT molecular complexity index is 814. The summed E-state index contributed by atoms with van der Waals surface area (Å²) >= 11 is 0. The zero-order chi connectivity index (χ0) is 19.8. The van der Waals surface area contributed by atoms with Crippen LogP contribution in [0.15, 0.2) is 42.5 Å². The Kier molecular flexibility index (Phi) is 6.93. The van der Waals surface area contributed by atoms with Crippen molar-refractivity contribution in [1.82, 2.24) is 0 Å². The van der Waals surface area contributed by atoms with Crippen LogP contribution in [-0.2, 0) is 4.79 Å². The summed E-state index contributed by atoms with van der Waals surface area (Å²) in [4.78, 5) is 23.2. The molecule has 2 amide bonds. The maximum Gasteiger partial charge on any atom is 0.387 e. The van der Waals surface area contributed by atoms with Crippen LogP contribution in [-0.4, -0.2) is 31.6 Å². The normalized spacial score (nSPS) is 10.4. The Hall–Kier alpha value is -3.36. The fourth-order valence-electron chi connectivity index (χ4n) is 2.13. The Labute approximate surface area is 154 Å². The number of amides is 2. The molecule has 7 nitrogen and oxygen atoms in total. The lowest BCUT2D eigenvalue weighted by molar-refractivity contribution is -0.119. The number of rotatable bonds is 9. The molecule has 0 fully saturated rings. The average Bonchev–Trinajstić information content (AvgIpc) is 2.61. The zero-order valence-electron chi connectivity index (χ0n) is 14.4. The summed E-state index contributed by atoms with van der Waals surface area (Å²) in [6.07, 6.45) is 0. The van der Waals surface area contributed by atoms with Gasteiger partial charge in [-0.05, 0) is 37.3 Å². The molecule has 2 aromatic carbocycles. The first kappa shape index (κ1) is 20.0. The third-order valence-electron chi connectivity index (χ3n) is 3.19. The van der Waals surface area contributed by atoms with E-state index in [0.717, 1.165) is 0 Å². The maximum absolute atomic E-state index is 12.4. The first-order chi connectivity index (χ1) is 12.9. The van der Waals surface area contributed by atoms with Crippen LogP contribution in [0, 0.1) is 0 Å². The number of halogens is 2. The van der Waals surface area contributed by atoms with E-state index in [0.29, 0.717) is 11.4 Å². The van der Waals surface area contributed by atoms with E-state index in [-0.39, 0.29) is 30.3 Å². The third kappa shape index (κ3) is 6.14. The van der Waals surface area contributed by atoms with E-state index in [1.807, 2.05) is 0 Å². The van der Waals surface area contributed by atoms with Crippen LogP contribution >= 0.6 is 0 Å². The number of alkyl halides is 2. The standard InChI is InChI=1S/C18H18F2N2O5/c1-2-25-15-8-11(6-7-14(15)27-18(19)20)17(24)22-12-4-3-5-13(9-12)26-10-16(21)23/h3-9,18H,2,10H2,1H3,(H2,21,23)(H,22,24). The lowest BCUT2D eigenvalue weighted by Crippen LogP contribution is -2.20. The van der Waals surface area contributed by atoms with E-state index in [9.17, 15) is 18.4 Å². The molecule has 0 unspecified atom stereocenters. The van der Waals surface area contributed by atoms with Gasteiger partial charge in [-0.25, -0.2) is 0 Å². The lowest BCUT2D eigenvalue weighted by atomic mass is 10.1. The number of anilines is 1. The van der Waals surface area contributed by atoms with Crippen LogP contribution in [0.5, 0.6) is 17.2 Å². The third-order valence-corrected chi connectivity index (χ3v) is 3.19. The number of nitrogens with one attached hydrogen (secondary N) is 1. The van der Waals surface area contributed by atoms with E-state index in [4.69, 9.17) is 15.2 Å². The fourth-order valence-corrected chi connectivity index (χ4v) is 2.13. The number of primary amides is 1. The average molecular weight is 380 g/mol. The highest BCUT2D eigenvalue weighted by Gasteiger charge is 2.15. The van der Waals surface area contributed by atoms with Crippen LogP contribution in [0.25, 0.3) is 0 Å². The molecule has 2 rings (SSSR count). The molecule has 144 valence electrons. The second kappa shape index (κ2) is 9.37. The summed E-state index contributed by atoms with van der Waals surface area (Å²) in [6.45, 7) is -1.41. The summed E-state index contributed by atoms with van der Waals surface area (Å²) < 4.78 is 39.7. The van der Waals surface area contributed by atoms with Crippen molar-refractivity contribution in [3.05, 3.63) is 48.0 Å². The van der Waals surface area contributed by atoms with E-state index in [1.165, 1.54) is 24.3 Å². The molecule has 0 bridgehead atoms. The van der Waals surface area contributed by atoms with Gasteiger partial charge in [0.05, 0.1) is 6.61 Å². The summed E-state index contributed by atoms with van der Waals surface area (Å²) in [7, 11) is 0. The summed E-state index contributed by atoms with van der Waals surface area (Å²) in [5.41, 5.74) is 5.61. The molecule has 0 aliphatic heterocycles. The number of carbonyl (C=O) groups is 2. The van der Waals surface area contributed by atoms with Gasteiger partial charge >= 0.3 is 6.61 Å². The number of hydrogen-bond donors (Lipinski definition) is 2. The second-order valence-electron chi connectivity index (χ2n) is 5.21. The van der Waals surface area contributed by atoms with Crippen molar-refractivity contribution < 1.29 is 32.6 Å². The van der Waals surface area contributed by atoms with Crippen molar-refractivity contribution in [2.75, 3.05) is 18.5 Å². The van der Waals surface area contributed by atoms with Gasteiger partial charge in [0, 0.05) is 17.3 Å². The lowest BCUT2D eigenvalue weighted by Gasteiger charge is -2.13. The minimum atomic E-state index is -3.01. The van der Waals surface area contributed by atoms with Crippen molar-refractivity contribution in [2.45, 2.75) is 13.5 Å².